The number of para-hydroxylation sites is 1. The number of fused-ring (bicyclic) bond motifs is 1. The summed E-state index contributed by atoms with van der Waals surface area (Å²) in [6.07, 6.45) is 1.91. The summed E-state index contributed by atoms with van der Waals surface area (Å²) in [4.78, 5) is 15.9. The molecule has 0 saturated heterocycles. The molecule has 2 bridgehead atoms. The molecule has 3 unspecified atom stereocenters. The highest BCUT2D eigenvalue weighted by molar-refractivity contribution is 9.24. The maximum atomic E-state index is 13.6. The first-order valence-corrected chi connectivity index (χ1v) is 12.9. The molecule has 2 aromatic rings. The minimum absolute atomic E-state index is 0.0304. The van der Waals surface area contributed by atoms with Gasteiger partial charge in [-0.1, -0.05) is 104 Å². The third kappa shape index (κ3) is 2.74. The Hall–Kier alpha value is -0.300. The van der Waals surface area contributed by atoms with Gasteiger partial charge in [-0.3, -0.25) is 4.79 Å². The van der Waals surface area contributed by atoms with Gasteiger partial charge in [-0.05, 0) is 42.5 Å². The van der Waals surface area contributed by atoms with Crippen LogP contribution in [0.15, 0.2) is 64.4 Å². The van der Waals surface area contributed by atoms with Crippen LogP contribution in [-0.2, 0) is 4.79 Å². The first-order chi connectivity index (χ1) is 13.3. The van der Waals surface area contributed by atoms with Gasteiger partial charge >= 0.3 is 0 Å². The molecule has 0 aliphatic heterocycles. The van der Waals surface area contributed by atoms with Crippen molar-refractivity contribution in [1.29, 1.82) is 0 Å². The molecule has 0 aromatic heterocycles. The van der Waals surface area contributed by atoms with E-state index in [-0.39, 0.29) is 25.3 Å². The van der Waals surface area contributed by atoms with E-state index in [9.17, 15) is 4.79 Å². The number of halogens is 3. The smallest absolute Gasteiger partial charge is 0.232 e. The van der Waals surface area contributed by atoms with Crippen molar-refractivity contribution in [2.75, 3.05) is 5.32 Å². The standard InChI is InChI=1S/C22H22Br3NOS/c1-20(2)21(18(24)25)12-13-22(20,17(21)23)19(27)26-15-10-6-7-11-16(15)28-14-8-4-3-5-9-14/h3-11,17-18H,12-13H2,1-2H3,(H,26,27). The van der Waals surface area contributed by atoms with Crippen molar-refractivity contribution in [3.63, 3.8) is 0 Å². The molecule has 2 aromatic carbocycles. The summed E-state index contributed by atoms with van der Waals surface area (Å²) < 4.78 is 0.177. The first kappa shape index (κ1) is 21.0. The molecule has 0 heterocycles. The van der Waals surface area contributed by atoms with E-state index < -0.39 is 5.41 Å². The number of carbonyl (C=O) groups is 1. The zero-order valence-corrected chi connectivity index (χ0v) is 21.3. The van der Waals surface area contributed by atoms with Gasteiger partial charge in [-0.15, -0.1) is 0 Å². The lowest BCUT2D eigenvalue weighted by atomic mass is 9.43. The Morgan fingerprint density at radius 1 is 1.07 bits per heavy atom. The van der Waals surface area contributed by atoms with E-state index >= 15 is 0 Å². The van der Waals surface area contributed by atoms with E-state index in [1.54, 1.807) is 11.8 Å². The SMILES string of the molecule is CC1(C)C2(C(=O)Nc3ccccc3Sc3ccccc3)CCC1(C(Br)Br)C2Br. The number of rotatable bonds is 5. The molecule has 3 aliphatic carbocycles. The molecule has 0 spiro atoms. The number of nitrogens with one attached hydrogen (secondary N) is 1. The molecule has 2 nitrogen and oxygen atoms in total. The van der Waals surface area contributed by atoms with Crippen LogP contribution >= 0.6 is 59.6 Å². The number of benzene rings is 2. The van der Waals surface area contributed by atoms with Gasteiger partial charge in [0.05, 0.1) is 14.8 Å². The van der Waals surface area contributed by atoms with Crippen molar-refractivity contribution in [1.82, 2.24) is 0 Å². The van der Waals surface area contributed by atoms with Crippen LogP contribution in [0, 0.1) is 16.2 Å². The van der Waals surface area contributed by atoms with Gasteiger partial charge in [0.2, 0.25) is 5.91 Å². The minimum atomic E-state index is -0.405. The number of hydrogen-bond donors (Lipinski definition) is 1. The Morgan fingerprint density at radius 2 is 1.71 bits per heavy atom. The molecule has 3 saturated carbocycles. The van der Waals surface area contributed by atoms with E-state index in [0.29, 0.717) is 0 Å². The van der Waals surface area contributed by atoms with Crippen molar-refractivity contribution in [2.24, 2.45) is 16.2 Å². The van der Waals surface area contributed by atoms with Gasteiger partial charge in [0, 0.05) is 20.0 Å². The second-order valence-electron chi connectivity index (χ2n) is 8.17. The number of hydrogen-bond acceptors (Lipinski definition) is 2. The highest BCUT2D eigenvalue weighted by Crippen LogP contribution is 2.82. The van der Waals surface area contributed by atoms with Crippen molar-refractivity contribution in [3.05, 3.63) is 54.6 Å². The topological polar surface area (TPSA) is 29.1 Å². The predicted octanol–water partition coefficient (Wildman–Crippen LogP) is 7.46. The van der Waals surface area contributed by atoms with Crippen LogP contribution in [0.1, 0.15) is 26.7 Å². The maximum Gasteiger partial charge on any atom is 0.232 e. The lowest BCUT2D eigenvalue weighted by molar-refractivity contribution is -0.155. The second-order valence-corrected chi connectivity index (χ2v) is 13.3. The number of alkyl halides is 3. The molecule has 0 radical (unpaired) electrons. The predicted molar refractivity (Wildman–Crippen MR) is 128 cm³/mol. The molecule has 3 aliphatic rings. The molecule has 3 atom stereocenters. The van der Waals surface area contributed by atoms with E-state index in [2.05, 4.69) is 85.2 Å². The van der Waals surface area contributed by atoms with E-state index in [1.165, 1.54) is 0 Å². The van der Waals surface area contributed by atoms with E-state index in [0.717, 1.165) is 28.3 Å². The molecule has 1 amide bonds. The summed E-state index contributed by atoms with van der Waals surface area (Å²) in [6.45, 7) is 4.47. The minimum Gasteiger partial charge on any atom is -0.325 e. The summed E-state index contributed by atoms with van der Waals surface area (Å²) >= 11 is 13.1. The molecule has 3 fully saturated rings. The molecule has 6 heteroatoms. The molecule has 1 N–H and O–H groups in total. The fourth-order valence-corrected chi connectivity index (χ4v) is 11.0. The fourth-order valence-electron chi connectivity index (χ4n) is 5.21. The highest BCUT2D eigenvalue weighted by atomic mass is 79.9. The summed E-state index contributed by atoms with van der Waals surface area (Å²) in [5.74, 6) is 0.120. The Morgan fingerprint density at radius 3 is 2.32 bits per heavy atom. The van der Waals surface area contributed by atoms with Crippen LogP contribution in [0.3, 0.4) is 0 Å². The zero-order chi connectivity index (χ0) is 20.2. The van der Waals surface area contributed by atoms with Crippen LogP contribution in [0.5, 0.6) is 0 Å². The van der Waals surface area contributed by atoms with Crippen molar-refractivity contribution < 1.29 is 4.79 Å². The summed E-state index contributed by atoms with van der Waals surface area (Å²) in [7, 11) is 0. The molecule has 148 valence electrons. The summed E-state index contributed by atoms with van der Waals surface area (Å²) in [5, 5.41) is 3.27. The Balaban J connectivity index is 1.61. The van der Waals surface area contributed by atoms with E-state index in [4.69, 9.17) is 0 Å². The summed E-state index contributed by atoms with van der Waals surface area (Å²) in [6, 6.07) is 18.3. The van der Waals surface area contributed by atoms with Crippen LogP contribution in [0.4, 0.5) is 5.69 Å². The maximum absolute atomic E-state index is 13.6. The highest BCUT2D eigenvalue weighted by Gasteiger charge is 2.83. The lowest BCUT2D eigenvalue weighted by Gasteiger charge is -2.66. The fraction of sp³-hybridized carbons (Fsp3) is 0.409. The third-order valence-electron chi connectivity index (χ3n) is 7.00. The Bertz CT molecular complexity index is 904. The molecular weight excluding hydrogens is 566 g/mol. The first-order valence-electron chi connectivity index (χ1n) is 9.33. The van der Waals surface area contributed by atoms with Crippen LogP contribution < -0.4 is 5.32 Å². The van der Waals surface area contributed by atoms with Crippen molar-refractivity contribution >= 4 is 71.1 Å². The van der Waals surface area contributed by atoms with Crippen LogP contribution in [0.25, 0.3) is 0 Å². The summed E-state index contributed by atoms with van der Waals surface area (Å²) in [5.41, 5.74) is 0.391. The molecule has 5 rings (SSSR count). The normalized spacial score (nSPS) is 30.1. The van der Waals surface area contributed by atoms with Gasteiger partial charge in [0.1, 0.15) is 0 Å². The van der Waals surface area contributed by atoms with Gasteiger partial charge in [-0.25, -0.2) is 0 Å². The van der Waals surface area contributed by atoms with Gasteiger partial charge < -0.3 is 5.32 Å². The third-order valence-corrected chi connectivity index (χ3v) is 11.3. The van der Waals surface area contributed by atoms with Crippen LogP contribution in [0.2, 0.25) is 0 Å². The largest absolute Gasteiger partial charge is 0.325 e. The average molecular weight is 588 g/mol. The van der Waals surface area contributed by atoms with Gasteiger partial charge in [0.15, 0.2) is 0 Å². The quantitative estimate of drug-likeness (QED) is 0.368. The second kappa shape index (κ2) is 7.44. The zero-order valence-electron chi connectivity index (χ0n) is 15.7. The number of anilines is 1. The number of carbonyl (C=O) groups excluding carboxylic acids is 1. The van der Waals surface area contributed by atoms with Crippen LogP contribution in [-0.4, -0.2) is 14.5 Å². The Kier molecular flexibility index (Phi) is 5.56. The van der Waals surface area contributed by atoms with Gasteiger partial charge in [-0.2, -0.15) is 0 Å². The number of amides is 1. The van der Waals surface area contributed by atoms with Gasteiger partial charge in [0.25, 0.3) is 0 Å². The average Bonchev–Trinajstić information content (AvgIpc) is 3.14. The van der Waals surface area contributed by atoms with Crippen molar-refractivity contribution in [3.8, 4) is 0 Å². The van der Waals surface area contributed by atoms with E-state index in [1.807, 2.05) is 36.4 Å². The molecule has 28 heavy (non-hydrogen) atoms. The van der Waals surface area contributed by atoms with Crippen molar-refractivity contribution in [2.45, 2.75) is 45.0 Å². The lowest BCUT2D eigenvalue weighted by Crippen LogP contribution is -2.71. The monoisotopic (exact) mass is 585 g/mol. The molecular formula is C22H22Br3NOS. The Labute approximate surface area is 196 Å².